The maximum atomic E-state index is 13.3. The molecule has 32 heavy (non-hydrogen) atoms. The van der Waals surface area contributed by atoms with Crippen molar-refractivity contribution in [2.45, 2.75) is 12.8 Å². The Morgan fingerprint density at radius 2 is 1.44 bits per heavy atom. The van der Waals surface area contributed by atoms with Crippen molar-refractivity contribution in [1.82, 2.24) is 9.78 Å². The highest BCUT2D eigenvalue weighted by Crippen LogP contribution is 2.34. The van der Waals surface area contributed by atoms with Gasteiger partial charge in [0.05, 0.1) is 15.7 Å². The molecule has 0 aliphatic heterocycles. The highest BCUT2D eigenvalue weighted by molar-refractivity contribution is 6.37. The van der Waals surface area contributed by atoms with Gasteiger partial charge >= 0.3 is 6.18 Å². The summed E-state index contributed by atoms with van der Waals surface area (Å²) in [5.41, 5.74) is 0.972. The number of aromatic nitrogens is 2. The molecular formula is C23H14Cl3F3N2O. The van der Waals surface area contributed by atoms with Crippen LogP contribution in [0.3, 0.4) is 0 Å². The van der Waals surface area contributed by atoms with E-state index >= 15 is 0 Å². The molecule has 0 saturated heterocycles. The molecule has 1 heterocycles. The van der Waals surface area contributed by atoms with E-state index in [0.29, 0.717) is 10.8 Å². The Morgan fingerprint density at radius 1 is 0.812 bits per heavy atom. The second kappa shape index (κ2) is 9.06. The third-order valence-electron chi connectivity index (χ3n) is 4.65. The molecule has 0 aliphatic rings. The van der Waals surface area contributed by atoms with Crippen LogP contribution >= 0.6 is 34.8 Å². The number of hydrogen-bond donors (Lipinski definition) is 0. The normalized spacial score (nSPS) is 11.6. The lowest BCUT2D eigenvalue weighted by molar-refractivity contribution is -0.141. The van der Waals surface area contributed by atoms with Gasteiger partial charge in [0.2, 0.25) is 0 Å². The summed E-state index contributed by atoms with van der Waals surface area (Å²) < 4.78 is 46.7. The largest absolute Gasteiger partial charge is 0.487 e. The number of hydrogen-bond acceptors (Lipinski definition) is 2. The molecule has 0 amide bonds. The predicted octanol–water partition coefficient (Wildman–Crippen LogP) is 8.10. The molecule has 0 atom stereocenters. The van der Waals surface area contributed by atoms with Crippen molar-refractivity contribution in [2.75, 3.05) is 0 Å². The van der Waals surface area contributed by atoms with Gasteiger partial charge in [0.1, 0.15) is 18.0 Å². The molecule has 0 fully saturated rings. The van der Waals surface area contributed by atoms with Crippen LogP contribution in [0.15, 0.2) is 72.8 Å². The summed E-state index contributed by atoms with van der Waals surface area (Å²) in [6.45, 7) is -0.184. The van der Waals surface area contributed by atoms with Crippen LogP contribution in [0.2, 0.25) is 15.1 Å². The molecule has 0 radical (unpaired) electrons. The first-order chi connectivity index (χ1) is 15.2. The second-order valence-electron chi connectivity index (χ2n) is 6.79. The van der Waals surface area contributed by atoms with E-state index in [1.807, 2.05) is 30.3 Å². The van der Waals surface area contributed by atoms with Crippen LogP contribution in [-0.2, 0) is 12.8 Å². The van der Waals surface area contributed by atoms with Gasteiger partial charge in [-0.3, -0.25) is 0 Å². The molecular weight excluding hydrogens is 484 g/mol. The van der Waals surface area contributed by atoms with Crippen molar-refractivity contribution in [3.05, 3.63) is 99.3 Å². The van der Waals surface area contributed by atoms with Gasteiger partial charge in [-0.05, 0) is 42.0 Å². The summed E-state index contributed by atoms with van der Waals surface area (Å²) in [5, 5.41) is 4.62. The number of rotatable bonds is 5. The number of alkyl halides is 3. The number of halogens is 6. The van der Waals surface area contributed by atoms with Gasteiger partial charge in [0.15, 0.2) is 5.69 Å². The van der Waals surface area contributed by atoms with Gasteiger partial charge in [0.25, 0.3) is 0 Å². The minimum atomic E-state index is -4.63. The van der Waals surface area contributed by atoms with E-state index in [2.05, 4.69) is 5.10 Å². The molecule has 1 aromatic heterocycles. The Bertz CT molecular complexity index is 1230. The maximum Gasteiger partial charge on any atom is 0.435 e. The number of para-hydroxylation sites is 1. The van der Waals surface area contributed by atoms with Crippen LogP contribution in [0.4, 0.5) is 13.2 Å². The van der Waals surface area contributed by atoms with Crippen LogP contribution < -0.4 is 4.74 Å². The van der Waals surface area contributed by atoms with Crippen molar-refractivity contribution < 1.29 is 17.9 Å². The highest BCUT2D eigenvalue weighted by atomic mass is 35.5. The molecule has 3 aromatic carbocycles. The summed E-state index contributed by atoms with van der Waals surface area (Å²) >= 11 is 18.6. The monoisotopic (exact) mass is 496 g/mol. The first-order valence-electron chi connectivity index (χ1n) is 9.32. The fourth-order valence-electron chi connectivity index (χ4n) is 3.13. The Balaban J connectivity index is 1.62. The van der Waals surface area contributed by atoms with Crippen molar-refractivity contribution in [1.29, 1.82) is 0 Å². The van der Waals surface area contributed by atoms with Crippen LogP contribution in [0.5, 0.6) is 5.75 Å². The Morgan fingerprint density at radius 3 is 2.06 bits per heavy atom. The highest BCUT2D eigenvalue weighted by Gasteiger charge is 2.35. The maximum absolute atomic E-state index is 13.3. The first kappa shape index (κ1) is 22.5. The molecule has 4 aromatic rings. The predicted molar refractivity (Wildman–Crippen MR) is 120 cm³/mol. The van der Waals surface area contributed by atoms with Crippen LogP contribution in [0, 0.1) is 0 Å². The van der Waals surface area contributed by atoms with E-state index in [4.69, 9.17) is 39.5 Å². The molecule has 164 valence electrons. The van der Waals surface area contributed by atoms with Crippen LogP contribution in [0.1, 0.15) is 11.4 Å². The fraction of sp³-hybridized carbons (Fsp3) is 0.0870. The number of nitrogens with zero attached hydrogens (tertiary/aromatic N) is 2. The van der Waals surface area contributed by atoms with Crippen LogP contribution in [0.25, 0.3) is 16.8 Å². The second-order valence-corrected chi connectivity index (χ2v) is 8.02. The van der Waals surface area contributed by atoms with Crippen molar-refractivity contribution in [3.8, 4) is 22.6 Å². The zero-order valence-electron chi connectivity index (χ0n) is 16.2. The minimum Gasteiger partial charge on any atom is -0.487 e. The van der Waals surface area contributed by atoms with E-state index in [0.717, 1.165) is 21.9 Å². The van der Waals surface area contributed by atoms with Crippen LogP contribution in [-0.4, -0.2) is 9.78 Å². The molecule has 0 saturated carbocycles. The van der Waals surface area contributed by atoms with Gasteiger partial charge < -0.3 is 4.74 Å². The van der Waals surface area contributed by atoms with Gasteiger partial charge in [-0.25, -0.2) is 4.68 Å². The summed E-state index contributed by atoms with van der Waals surface area (Å²) in [4.78, 5) is 0. The lowest BCUT2D eigenvalue weighted by Gasteiger charge is -2.12. The summed E-state index contributed by atoms with van der Waals surface area (Å²) in [7, 11) is 0. The SMILES string of the molecule is FC(F)(F)c1cc(COc2ccc(-c3ccccc3Cl)cc2)n(-c2c(Cl)cccc2Cl)n1. The van der Waals surface area contributed by atoms with Gasteiger partial charge in [-0.2, -0.15) is 18.3 Å². The molecule has 4 rings (SSSR count). The lowest BCUT2D eigenvalue weighted by atomic mass is 10.1. The van der Waals surface area contributed by atoms with E-state index in [1.165, 1.54) is 12.1 Å². The van der Waals surface area contributed by atoms with E-state index in [-0.39, 0.29) is 28.0 Å². The molecule has 0 spiro atoms. The molecule has 0 bridgehead atoms. The van der Waals surface area contributed by atoms with Gasteiger partial charge in [-0.15, -0.1) is 0 Å². The van der Waals surface area contributed by atoms with E-state index in [9.17, 15) is 13.2 Å². The zero-order valence-corrected chi connectivity index (χ0v) is 18.5. The summed E-state index contributed by atoms with van der Waals surface area (Å²) in [6.07, 6.45) is -4.63. The third kappa shape index (κ3) is 4.72. The summed E-state index contributed by atoms with van der Waals surface area (Å²) in [6, 6.07) is 20.0. The van der Waals surface area contributed by atoms with Crippen molar-refractivity contribution in [3.63, 3.8) is 0 Å². The van der Waals surface area contributed by atoms with E-state index < -0.39 is 11.9 Å². The standard InChI is InChI=1S/C23H14Cl3F3N2O/c24-18-5-2-1-4-17(18)14-8-10-16(11-9-14)32-13-15-12-21(23(27,28)29)30-31(15)22-19(25)6-3-7-20(22)26/h1-12H,13H2. The summed E-state index contributed by atoms with van der Waals surface area (Å²) in [5.74, 6) is 0.465. The molecule has 0 aliphatic carbocycles. The first-order valence-corrected chi connectivity index (χ1v) is 10.5. The Labute approximate surface area is 196 Å². The Hall–Kier alpha value is -2.67. The molecule has 9 heteroatoms. The third-order valence-corrected chi connectivity index (χ3v) is 5.59. The van der Waals surface area contributed by atoms with Crippen molar-refractivity contribution in [2.24, 2.45) is 0 Å². The minimum absolute atomic E-state index is 0.141. The topological polar surface area (TPSA) is 27.1 Å². The fourth-order valence-corrected chi connectivity index (χ4v) is 3.93. The van der Waals surface area contributed by atoms with Gasteiger partial charge in [-0.1, -0.05) is 71.2 Å². The smallest absolute Gasteiger partial charge is 0.435 e. The quantitative estimate of drug-likeness (QED) is 0.278. The molecule has 0 unspecified atom stereocenters. The zero-order chi connectivity index (χ0) is 22.9. The van der Waals surface area contributed by atoms with Crippen molar-refractivity contribution >= 4 is 34.8 Å². The average Bonchev–Trinajstić information content (AvgIpc) is 3.17. The average molecular weight is 498 g/mol. The van der Waals surface area contributed by atoms with E-state index in [1.54, 1.807) is 24.3 Å². The number of benzene rings is 3. The Kier molecular flexibility index (Phi) is 6.38. The number of ether oxygens (including phenoxy) is 1. The molecule has 0 N–H and O–H groups in total. The van der Waals surface area contributed by atoms with Gasteiger partial charge in [0, 0.05) is 10.6 Å². The lowest BCUT2D eigenvalue weighted by Crippen LogP contribution is -2.09. The molecule has 3 nitrogen and oxygen atoms in total.